The molecular formula is C29H22BrN3O2. The Hall–Kier alpha value is -4.03. The summed E-state index contributed by atoms with van der Waals surface area (Å²) in [5.41, 5.74) is 5.19. The number of carbonyl (C=O) groups excluding carboxylic acids is 1. The molecule has 0 bridgehead atoms. The van der Waals surface area contributed by atoms with E-state index in [1.807, 2.05) is 71.9 Å². The third-order valence-electron chi connectivity index (χ3n) is 6.33. The first-order chi connectivity index (χ1) is 17.2. The SMILES string of the molecule is O=C(c1ccc(-c2ccc(Br)cc2)o1)N(Cc1cccc2[nH]ccc12)Cc1cccc2[nH]ccc12. The van der Waals surface area contributed by atoms with Crippen LogP contribution in [-0.4, -0.2) is 20.8 Å². The molecular weight excluding hydrogens is 502 g/mol. The Labute approximate surface area is 210 Å². The van der Waals surface area contributed by atoms with Crippen LogP contribution in [0.3, 0.4) is 0 Å². The first-order valence-corrected chi connectivity index (χ1v) is 12.2. The van der Waals surface area contributed by atoms with E-state index in [-0.39, 0.29) is 5.91 Å². The van der Waals surface area contributed by atoms with Crippen molar-refractivity contribution in [1.29, 1.82) is 0 Å². The average Bonchev–Trinajstić information content (AvgIpc) is 3.64. The summed E-state index contributed by atoms with van der Waals surface area (Å²) >= 11 is 3.46. The van der Waals surface area contributed by atoms with Crippen LogP contribution in [0.2, 0.25) is 0 Å². The van der Waals surface area contributed by atoms with Crippen LogP contribution in [0.5, 0.6) is 0 Å². The minimum absolute atomic E-state index is 0.145. The number of hydrogen-bond donors (Lipinski definition) is 2. The number of furan rings is 1. The molecule has 0 saturated heterocycles. The Morgan fingerprint density at radius 1 is 0.743 bits per heavy atom. The molecule has 3 heterocycles. The summed E-state index contributed by atoms with van der Waals surface area (Å²) in [5.74, 6) is 0.847. The minimum Gasteiger partial charge on any atom is -0.451 e. The van der Waals surface area contributed by atoms with Crippen LogP contribution in [0.15, 0.2) is 106 Å². The summed E-state index contributed by atoms with van der Waals surface area (Å²) in [5, 5.41) is 2.22. The number of nitrogens with zero attached hydrogens (tertiary/aromatic N) is 1. The fraction of sp³-hybridized carbons (Fsp3) is 0.0690. The first kappa shape index (κ1) is 21.5. The van der Waals surface area contributed by atoms with E-state index in [2.05, 4.69) is 50.2 Å². The van der Waals surface area contributed by atoms with E-state index < -0.39 is 0 Å². The molecule has 3 aromatic carbocycles. The van der Waals surface area contributed by atoms with Gasteiger partial charge in [-0.15, -0.1) is 0 Å². The van der Waals surface area contributed by atoms with Crippen molar-refractivity contribution in [2.45, 2.75) is 13.1 Å². The summed E-state index contributed by atoms with van der Waals surface area (Å²) in [7, 11) is 0. The lowest BCUT2D eigenvalue weighted by Crippen LogP contribution is -2.30. The molecule has 0 atom stereocenters. The van der Waals surface area contributed by atoms with Crippen LogP contribution in [0.1, 0.15) is 21.7 Å². The molecule has 0 saturated carbocycles. The predicted octanol–water partition coefficient (Wildman–Crippen LogP) is 7.51. The van der Waals surface area contributed by atoms with Gasteiger partial charge < -0.3 is 19.3 Å². The van der Waals surface area contributed by atoms with Gasteiger partial charge in [0.05, 0.1) is 0 Å². The van der Waals surface area contributed by atoms with Crippen molar-refractivity contribution in [2.75, 3.05) is 0 Å². The molecule has 0 aliphatic carbocycles. The third-order valence-corrected chi connectivity index (χ3v) is 6.85. The average molecular weight is 524 g/mol. The molecule has 35 heavy (non-hydrogen) atoms. The lowest BCUT2D eigenvalue weighted by molar-refractivity contribution is 0.0700. The molecule has 1 amide bonds. The van der Waals surface area contributed by atoms with Crippen LogP contribution < -0.4 is 0 Å². The molecule has 0 aliphatic heterocycles. The zero-order valence-electron chi connectivity index (χ0n) is 18.8. The van der Waals surface area contributed by atoms with Gasteiger partial charge in [0.15, 0.2) is 5.76 Å². The van der Waals surface area contributed by atoms with Crippen molar-refractivity contribution in [3.63, 3.8) is 0 Å². The van der Waals surface area contributed by atoms with Gasteiger partial charge in [-0.1, -0.05) is 52.3 Å². The van der Waals surface area contributed by atoms with Crippen LogP contribution >= 0.6 is 15.9 Å². The number of carbonyl (C=O) groups is 1. The Morgan fingerprint density at radius 2 is 1.34 bits per heavy atom. The van der Waals surface area contributed by atoms with Crippen molar-refractivity contribution < 1.29 is 9.21 Å². The molecule has 6 rings (SSSR count). The largest absolute Gasteiger partial charge is 0.451 e. The van der Waals surface area contributed by atoms with Gasteiger partial charge in [-0.2, -0.15) is 0 Å². The molecule has 2 N–H and O–H groups in total. The van der Waals surface area contributed by atoms with Gasteiger partial charge >= 0.3 is 0 Å². The lowest BCUT2D eigenvalue weighted by atomic mass is 10.1. The quantitative estimate of drug-likeness (QED) is 0.237. The Kier molecular flexibility index (Phi) is 5.51. The Morgan fingerprint density at radius 3 is 1.94 bits per heavy atom. The van der Waals surface area contributed by atoms with Gasteiger partial charge in [0.1, 0.15) is 5.76 Å². The Bertz CT molecular complexity index is 1570. The second-order valence-corrected chi connectivity index (χ2v) is 9.46. The number of benzene rings is 3. The number of rotatable bonds is 6. The highest BCUT2D eigenvalue weighted by atomic mass is 79.9. The fourth-order valence-electron chi connectivity index (χ4n) is 4.57. The van der Waals surface area contributed by atoms with E-state index >= 15 is 0 Å². The van der Waals surface area contributed by atoms with E-state index in [0.717, 1.165) is 43.0 Å². The lowest BCUT2D eigenvalue weighted by Gasteiger charge is -2.23. The highest BCUT2D eigenvalue weighted by Gasteiger charge is 2.22. The van der Waals surface area contributed by atoms with E-state index in [9.17, 15) is 4.79 Å². The van der Waals surface area contributed by atoms with Gasteiger partial charge in [0, 0.05) is 57.3 Å². The van der Waals surface area contributed by atoms with Crippen molar-refractivity contribution in [1.82, 2.24) is 14.9 Å². The zero-order valence-corrected chi connectivity index (χ0v) is 20.4. The maximum Gasteiger partial charge on any atom is 0.290 e. The standard InChI is InChI=1S/C29H22BrN3O2/c30-22-9-7-19(8-10-22)27-11-12-28(35-27)29(34)33(17-20-3-1-5-25-23(20)13-15-31-25)18-21-4-2-6-26-24(21)14-16-32-26/h1-16,31-32H,17-18H2. The van der Waals surface area contributed by atoms with Crippen LogP contribution in [-0.2, 0) is 13.1 Å². The topological polar surface area (TPSA) is 65.0 Å². The third kappa shape index (κ3) is 4.17. The highest BCUT2D eigenvalue weighted by Crippen LogP contribution is 2.27. The molecule has 172 valence electrons. The summed E-state index contributed by atoms with van der Waals surface area (Å²) in [6.45, 7) is 0.923. The van der Waals surface area contributed by atoms with Crippen LogP contribution in [0.4, 0.5) is 0 Å². The molecule has 6 aromatic rings. The predicted molar refractivity (Wildman–Crippen MR) is 142 cm³/mol. The number of amides is 1. The smallest absolute Gasteiger partial charge is 0.290 e. The summed E-state index contributed by atoms with van der Waals surface area (Å²) < 4.78 is 7.05. The fourth-order valence-corrected chi connectivity index (χ4v) is 4.83. The number of aromatic nitrogens is 2. The minimum atomic E-state index is -0.145. The highest BCUT2D eigenvalue weighted by molar-refractivity contribution is 9.10. The van der Waals surface area contributed by atoms with Crippen molar-refractivity contribution in [3.05, 3.63) is 119 Å². The van der Waals surface area contributed by atoms with Gasteiger partial charge in [-0.25, -0.2) is 0 Å². The normalized spacial score (nSPS) is 11.3. The van der Waals surface area contributed by atoms with E-state index in [0.29, 0.717) is 24.6 Å². The molecule has 0 radical (unpaired) electrons. The van der Waals surface area contributed by atoms with E-state index in [1.54, 1.807) is 6.07 Å². The monoisotopic (exact) mass is 523 g/mol. The van der Waals surface area contributed by atoms with Crippen molar-refractivity contribution in [2.24, 2.45) is 0 Å². The molecule has 5 nitrogen and oxygen atoms in total. The second kappa shape index (κ2) is 8.96. The number of halogens is 1. The maximum atomic E-state index is 13.8. The maximum absolute atomic E-state index is 13.8. The Balaban J connectivity index is 1.37. The number of nitrogens with one attached hydrogen (secondary N) is 2. The summed E-state index contributed by atoms with van der Waals surface area (Å²) in [6, 6.07) is 27.8. The van der Waals surface area contributed by atoms with E-state index in [1.165, 1.54) is 0 Å². The number of aromatic amines is 2. The molecule has 0 spiro atoms. The molecule has 0 unspecified atom stereocenters. The van der Waals surface area contributed by atoms with Crippen LogP contribution in [0.25, 0.3) is 33.1 Å². The summed E-state index contributed by atoms with van der Waals surface area (Å²) in [4.78, 5) is 22.2. The molecule has 6 heteroatoms. The number of hydrogen-bond acceptors (Lipinski definition) is 2. The number of fused-ring (bicyclic) bond motifs is 2. The van der Waals surface area contributed by atoms with Crippen LogP contribution in [0, 0.1) is 0 Å². The van der Waals surface area contributed by atoms with Gasteiger partial charge in [0.25, 0.3) is 5.91 Å². The second-order valence-electron chi connectivity index (χ2n) is 8.54. The van der Waals surface area contributed by atoms with Crippen molar-refractivity contribution in [3.8, 4) is 11.3 Å². The summed E-state index contributed by atoms with van der Waals surface area (Å²) in [6.07, 6.45) is 3.86. The van der Waals surface area contributed by atoms with Crippen molar-refractivity contribution >= 4 is 43.6 Å². The first-order valence-electron chi connectivity index (χ1n) is 11.4. The van der Waals surface area contributed by atoms with Gasteiger partial charge in [0.2, 0.25) is 0 Å². The zero-order chi connectivity index (χ0) is 23.8. The van der Waals surface area contributed by atoms with Gasteiger partial charge in [-0.05, 0) is 59.7 Å². The molecule has 3 aromatic heterocycles. The number of H-pyrrole nitrogens is 2. The van der Waals surface area contributed by atoms with Gasteiger partial charge in [-0.3, -0.25) is 4.79 Å². The van der Waals surface area contributed by atoms with E-state index in [4.69, 9.17) is 4.42 Å². The molecule has 0 fully saturated rings. The molecule has 0 aliphatic rings.